The van der Waals surface area contributed by atoms with Gasteiger partial charge in [0.2, 0.25) is 0 Å². The summed E-state index contributed by atoms with van der Waals surface area (Å²) in [7, 11) is 1.38. The van der Waals surface area contributed by atoms with Crippen molar-refractivity contribution in [3.8, 4) is 11.5 Å². The number of amides is 1. The van der Waals surface area contributed by atoms with Crippen LogP contribution in [-0.4, -0.2) is 46.7 Å². The maximum Gasteiger partial charge on any atom is 0.411 e. The molecule has 0 saturated heterocycles. The number of benzene rings is 1. The first-order chi connectivity index (χ1) is 13.0. The number of nitrogens with one attached hydrogen (secondary N) is 1. The zero-order valence-corrected chi connectivity index (χ0v) is 19.0. The van der Waals surface area contributed by atoms with Gasteiger partial charge in [-0.2, -0.15) is 0 Å². The molecule has 8 heteroatoms. The highest BCUT2D eigenvalue weighted by Crippen LogP contribution is 2.34. The van der Waals surface area contributed by atoms with Gasteiger partial charge in [-0.3, -0.25) is 5.32 Å². The zero-order valence-electron chi connectivity index (χ0n) is 18.0. The van der Waals surface area contributed by atoms with Crippen molar-refractivity contribution in [2.75, 3.05) is 26.1 Å². The lowest BCUT2D eigenvalue weighted by Crippen LogP contribution is -2.40. The second-order valence-corrected chi connectivity index (χ2v) is 12.9. The van der Waals surface area contributed by atoms with Crippen LogP contribution in [0.25, 0.3) is 6.08 Å². The number of anilines is 1. The Morgan fingerprint density at radius 3 is 2.21 bits per heavy atom. The van der Waals surface area contributed by atoms with Gasteiger partial charge in [-0.05, 0) is 32.9 Å². The maximum absolute atomic E-state index is 12.4. The summed E-state index contributed by atoms with van der Waals surface area (Å²) in [6.45, 7) is 11.9. The second kappa shape index (κ2) is 10.2. The summed E-state index contributed by atoms with van der Waals surface area (Å²) in [4.78, 5) is 24.4. The number of methoxy groups -OCH3 is 2. The first kappa shape index (κ1) is 23.6. The fourth-order valence-electron chi connectivity index (χ4n) is 2.14. The van der Waals surface area contributed by atoms with Crippen LogP contribution in [0.3, 0.4) is 0 Å². The molecule has 0 saturated carbocycles. The third-order valence-electron chi connectivity index (χ3n) is 4.27. The van der Waals surface area contributed by atoms with Crippen LogP contribution >= 0.6 is 0 Å². The number of carbonyl (C=O) groups excluding carboxylic acids is 2. The molecule has 0 spiro atoms. The van der Waals surface area contributed by atoms with Gasteiger partial charge in [-0.15, -0.1) is 0 Å². The molecule has 1 N–H and O–H groups in total. The Bertz CT molecular complexity index is 739. The molecule has 7 nitrogen and oxygen atoms in total. The molecule has 1 unspecified atom stereocenters. The van der Waals surface area contributed by atoms with E-state index in [0.717, 1.165) is 0 Å². The predicted molar refractivity (Wildman–Crippen MR) is 113 cm³/mol. The highest BCUT2D eigenvalue weighted by molar-refractivity contribution is 6.77. The molecular weight excluding hydrogens is 378 g/mol. The fourth-order valence-corrected chi connectivity index (χ4v) is 2.60. The molecule has 1 aromatic rings. The van der Waals surface area contributed by atoms with Gasteiger partial charge in [0.1, 0.15) is 0 Å². The standard InChI is InChI=1S/C20H31NO6Si/c1-9-26-19(22)13(2)10-15-11-17(24-4)18(25-5)12-16(15)21-20(23)27-14(3)28(6,7)8/h10-12,14H,9H2,1-8H3,(H,21,23). The minimum Gasteiger partial charge on any atom is -0.493 e. The van der Waals surface area contributed by atoms with Crippen molar-refractivity contribution in [2.24, 2.45) is 0 Å². The highest BCUT2D eigenvalue weighted by atomic mass is 28.3. The van der Waals surface area contributed by atoms with Crippen LogP contribution < -0.4 is 14.8 Å². The van der Waals surface area contributed by atoms with E-state index in [-0.39, 0.29) is 12.3 Å². The third kappa shape index (κ3) is 6.60. The van der Waals surface area contributed by atoms with E-state index in [0.29, 0.717) is 28.3 Å². The molecule has 1 amide bonds. The van der Waals surface area contributed by atoms with Gasteiger partial charge in [0, 0.05) is 17.2 Å². The summed E-state index contributed by atoms with van der Waals surface area (Å²) in [5.74, 6) is 0.486. The summed E-state index contributed by atoms with van der Waals surface area (Å²) in [5, 5.41) is 2.74. The monoisotopic (exact) mass is 409 g/mol. The molecule has 1 rings (SSSR count). The van der Waals surface area contributed by atoms with Crippen molar-refractivity contribution in [3.63, 3.8) is 0 Å². The SMILES string of the molecule is CCOC(=O)C(C)=Cc1cc(OC)c(OC)cc1NC(=O)OC(C)[Si](C)(C)C. The molecule has 0 heterocycles. The summed E-state index contributed by atoms with van der Waals surface area (Å²) in [5.41, 5.74) is 1.24. The van der Waals surface area contributed by atoms with E-state index in [1.807, 2.05) is 6.92 Å². The molecule has 0 bridgehead atoms. The Labute approximate surface area is 168 Å². The van der Waals surface area contributed by atoms with Crippen molar-refractivity contribution >= 4 is 31.9 Å². The van der Waals surface area contributed by atoms with Crippen molar-refractivity contribution in [3.05, 3.63) is 23.3 Å². The van der Waals surface area contributed by atoms with E-state index in [9.17, 15) is 9.59 Å². The summed E-state index contributed by atoms with van der Waals surface area (Å²) >= 11 is 0. The van der Waals surface area contributed by atoms with Gasteiger partial charge >= 0.3 is 12.1 Å². The molecule has 0 radical (unpaired) electrons. The van der Waals surface area contributed by atoms with Gasteiger partial charge in [0.15, 0.2) is 11.5 Å². The van der Waals surface area contributed by atoms with Crippen LogP contribution in [0.15, 0.2) is 17.7 Å². The number of hydrogen-bond acceptors (Lipinski definition) is 6. The molecule has 0 aliphatic heterocycles. The van der Waals surface area contributed by atoms with Crippen molar-refractivity contribution in [1.29, 1.82) is 0 Å². The van der Waals surface area contributed by atoms with Gasteiger partial charge in [0.05, 0.1) is 40.3 Å². The molecule has 28 heavy (non-hydrogen) atoms. The van der Waals surface area contributed by atoms with Crippen LogP contribution in [0.5, 0.6) is 11.5 Å². The van der Waals surface area contributed by atoms with E-state index in [1.165, 1.54) is 14.2 Å². The molecular formula is C20H31NO6Si. The number of rotatable bonds is 8. The Hall–Kier alpha value is -2.48. The Balaban J connectivity index is 3.25. The number of esters is 1. The minimum absolute atomic E-state index is 0.159. The quantitative estimate of drug-likeness (QED) is 0.387. The molecule has 1 atom stereocenters. The van der Waals surface area contributed by atoms with Crippen LogP contribution in [-0.2, 0) is 14.3 Å². The Kier molecular flexibility index (Phi) is 8.55. The lowest BCUT2D eigenvalue weighted by atomic mass is 10.1. The summed E-state index contributed by atoms with van der Waals surface area (Å²) in [6.07, 6.45) is 1.06. The van der Waals surface area contributed by atoms with Crippen LogP contribution in [0.1, 0.15) is 26.3 Å². The number of ether oxygens (including phenoxy) is 4. The Morgan fingerprint density at radius 1 is 1.14 bits per heavy atom. The molecule has 0 aliphatic rings. The first-order valence-electron chi connectivity index (χ1n) is 9.12. The van der Waals surface area contributed by atoms with E-state index in [1.54, 1.807) is 32.1 Å². The molecule has 0 aliphatic carbocycles. The largest absolute Gasteiger partial charge is 0.493 e. The minimum atomic E-state index is -1.64. The van der Waals surface area contributed by atoms with Gasteiger partial charge in [-0.1, -0.05) is 19.6 Å². The van der Waals surface area contributed by atoms with Crippen molar-refractivity contribution in [1.82, 2.24) is 0 Å². The fraction of sp³-hybridized carbons (Fsp3) is 0.500. The average molecular weight is 410 g/mol. The predicted octanol–water partition coefficient (Wildman–Crippen LogP) is 4.48. The molecule has 156 valence electrons. The van der Waals surface area contributed by atoms with Crippen molar-refractivity contribution in [2.45, 2.75) is 46.1 Å². The topological polar surface area (TPSA) is 83.1 Å². The Morgan fingerprint density at radius 2 is 1.71 bits per heavy atom. The molecule has 0 fully saturated rings. The lowest BCUT2D eigenvalue weighted by Gasteiger charge is -2.25. The van der Waals surface area contributed by atoms with Crippen molar-refractivity contribution < 1.29 is 28.5 Å². The molecule has 0 aromatic heterocycles. The van der Waals surface area contributed by atoms with Gasteiger partial charge < -0.3 is 18.9 Å². The lowest BCUT2D eigenvalue weighted by molar-refractivity contribution is -0.138. The first-order valence-corrected chi connectivity index (χ1v) is 12.7. The second-order valence-electron chi connectivity index (χ2n) is 7.38. The molecule has 1 aromatic carbocycles. The highest BCUT2D eigenvalue weighted by Gasteiger charge is 2.26. The van der Waals surface area contributed by atoms with E-state index in [4.69, 9.17) is 18.9 Å². The van der Waals surface area contributed by atoms with Gasteiger partial charge in [-0.25, -0.2) is 9.59 Å². The average Bonchev–Trinajstić information content (AvgIpc) is 2.61. The number of hydrogen-bond donors (Lipinski definition) is 1. The summed E-state index contributed by atoms with van der Waals surface area (Å²) in [6, 6.07) is 3.31. The number of carbonyl (C=O) groups is 2. The smallest absolute Gasteiger partial charge is 0.411 e. The van der Waals surface area contributed by atoms with Crippen LogP contribution in [0.4, 0.5) is 10.5 Å². The summed E-state index contributed by atoms with van der Waals surface area (Å²) < 4.78 is 21.2. The normalized spacial score (nSPS) is 12.8. The maximum atomic E-state index is 12.4. The van der Waals surface area contributed by atoms with E-state index in [2.05, 4.69) is 25.0 Å². The van der Waals surface area contributed by atoms with Crippen LogP contribution in [0.2, 0.25) is 19.6 Å². The van der Waals surface area contributed by atoms with Crippen LogP contribution in [0, 0.1) is 0 Å². The van der Waals surface area contributed by atoms with E-state index >= 15 is 0 Å². The zero-order chi connectivity index (χ0) is 21.5. The van der Waals surface area contributed by atoms with E-state index < -0.39 is 20.1 Å². The van der Waals surface area contributed by atoms with Gasteiger partial charge in [0.25, 0.3) is 0 Å². The third-order valence-corrected chi connectivity index (χ3v) is 6.82.